The number of fused-ring (bicyclic) bond motifs is 1. The Kier molecular flexibility index (Phi) is 3.01. The van der Waals surface area contributed by atoms with Gasteiger partial charge in [-0.05, 0) is 18.2 Å². The predicted molar refractivity (Wildman–Crippen MR) is 77.8 cm³/mol. The van der Waals surface area contributed by atoms with Gasteiger partial charge in [-0.3, -0.25) is 9.78 Å². The summed E-state index contributed by atoms with van der Waals surface area (Å²) in [6, 6.07) is 10.3. The van der Waals surface area contributed by atoms with Crippen molar-refractivity contribution in [2.24, 2.45) is 0 Å². The summed E-state index contributed by atoms with van der Waals surface area (Å²) in [5, 5.41) is 0.934. The Morgan fingerprint density at radius 1 is 1.00 bits per heavy atom. The van der Waals surface area contributed by atoms with Crippen molar-refractivity contribution in [3.63, 3.8) is 0 Å². The highest BCUT2D eigenvalue weighted by molar-refractivity contribution is 6.43. The molecule has 94 valence electrons. The topological polar surface area (TPSA) is 45.8 Å². The van der Waals surface area contributed by atoms with Gasteiger partial charge < -0.3 is 4.98 Å². The van der Waals surface area contributed by atoms with E-state index in [2.05, 4.69) is 9.97 Å². The maximum atomic E-state index is 11.5. The lowest BCUT2D eigenvalue weighted by atomic mass is 10.0. The fourth-order valence-corrected chi connectivity index (χ4v) is 2.39. The Bertz CT molecular complexity index is 827. The van der Waals surface area contributed by atoms with Gasteiger partial charge in [-0.15, -0.1) is 0 Å². The van der Waals surface area contributed by atoms with Gasteiger partial charge in [-0.2, -0.15) is 0 Å². The Morgan fingerprint density at radius 3 is 2.68 bits per heavy atom. The first-order chi connectivity index (χ1) is 9.16. The number of nitrogens with zero attached hydrogens (tertiary/aromatic N) is 1. The summed E-state index contributed by atoms with van der Waals surface area (Å²) in [5.74, 6) is 0. The lowest BCUT2D eigenvalue weighted by molar-refractivity contribution is 1.27. The molecule has 0 amide bonds. The van der Waals surface area contributed by atoms with E-state index in [0.29, 0.717) is 21.1 Å². The Labute approximate surface area is 118 Å². The number of hydrogen-bond donors (Lipinski definition) is 1. The molecule has 0 unspecified atom stereocenters. The van der Waals surface area contributed by atoms with Crippen LogP contribution in [0.1, 0.15) is 0 Å². The van der Waals surface area contributed by atoms with Crippen molar-refractivity contribution in [1.29, 1.82) is 0 Å². The van der Waals surface area contributed by atoms with Crippen LogP contribution in [0.4, 0.5) is 0 Å². The molecule has 1 N–H and O–H groups in total. The minimum atomic E-state index is -0.181. The summed E-state index contributed by atoms with van der Waals surface area (Å²) in [7, 11) is 0. The largest absolute Gasteiger partial charge is 0.320 e. The van der Waals surface area contributed by atoms with Crippen molar-refractivity contribution in [3.8, 4) is 11.1 Å². The summed E-state index contributed by atoms with van der Waals surface area (Å²) in [6.45, 7) is 0. The van der Waals surface area contributed by atoms with Gasteiger partial charge in [-0.25, -0.2) is 0 Å². The number of halogens is 2. The molecule has 0 fully saturated rings. The Morgan fingerprint density at radius 2 is 1.84 bits per heavy atom. The highest BCUT2D eigenvalue weighted by atomic mass is 35.5. The molecule has 3 rings (SSSR count). The van der Waals surface area contributed by atoms with E-state index in [0.717, 1.165) is 11.1 Å². The zero-order valence-electron chi connectivity index (χ0n) is 9.65. The monoisotopic (exact) mass is 290 g/mol. The van der Waals surface area contributed by atoms with Crippen molar-refractivity contribution in [2.75, 3.05) is 0 Å². The molecule has 0 atom stereocenters. The van der Waals surface area contributed by atoms with Crippen LogP contribution in [-0.2, 0) is 0 Å². The van der Waals surface area contributed by atoms with Gasteiger partial charge in [0.05, 0.1) is 21.1 Å². The second-order valence-electron chi connectivity index (χ2n) is 4.04. The summed E-state index contributed by atoms with van der Waals surface area (Å²) >= 11 is 12.3. The minimum absolute atomic E-state index is 0.181. The first kappa shape index (κ1) is 12.2. The molecule has 2 aromatic heterocycles. The lowest BCUT2D eigenvalue weighted by Gasteiger charge is -2.08. The molecule has 2 heterocycles. The molecule has 0 aliphatic heterocycles. The average molecular weight is 291 g/mol. The molecule has 1 aromatic carbocycles. The third kappa shape index (κ3) is 2.11. The molecular weight excluding hydrogens is 283 g/mol. The predicted octanol–water partition coefficient (Wildman–Crippen LogP) is 3.90. The van der Waals surface area contributed by atoms with Gasteiger partial charge >= 0.3 is 0 Å². The lowest BCUT2D eigenvalue weighted by Crippen LogP contribution is -2.04. The smallest absolute Gasteiger partial charge is 0.248 e. The van der Waals surface area contributed by atoms with Gasteiger partial charge in [0.2, 0.25) is 5.56 Å². The number of benzene rings is 1. The van der Waals surface area contributed by atoms with Gasteiger partial charge in [0.25, 0.3) is 0 Å². The number of H-pyrrole nitrogens is 1. The van der Waals surface area contributed by atoms with Crippen molar-refractivity contribution < 1.29 is 0 Å². The van der Waals surface area contributed by atoms with E-state index in [-0.39, 0.29) is 5.56 Å². The van der Waals surface area contributed by atoms with Gasteiger partial charge in [-0.1, -0.05) is 35.3 Å². The molecule has 0 saturated carbocycles. The summed E-state index contributed by atoms with van der Waals surface area (Å²) in [6.07, 6.45) is 1.67. The second-order valence-corrected chi connectivity index (χ2v) is 4.83. The molecule has 0 radical (unpaired) electrons. The summed E-state index contributed by atoms with van der Waals surface area (Å²) in [5.41, 5.74) is 2.74. The molecule has 0 aliphatic rings. The van der Waals surface area contributed by atoms with Crippen LogP contribution in [0.5, 0.6) is 0 Å². The highest BCUT2D eigenvalue weighted by Crippen LogP contribution is 2.35. The van der Waals surface area contributed by atoms with Gasteiger partial charge in [0, 0.05) is 23.4 Å². The first-order valence-electron chi connectivity index (χ1n) is 5.59. The van der Waals surface area contributed by atoms with E-state index < -0.39 is 0 Å². The van der Waals surface area contributed by atoms with Crippen LogP contribution >= 0.6 is 23.2 Å². The van der Waals surface area contributed by atoms with Gasteiger partial charge in [0.15, 0.2) is 0 Å². The molecule has 0 spiro atoms. The molecule has 0 bridgehead atoms. The molecule has 19 heavy (non-hydrogen) atoms. The van der Waals surface area contributed by atoms with Crippen LogP contribution in [0.25, 0.3) is 22.2 Å². The number of rotatable bonds is 1. The molecule has 0 saturated heterocycles. The van der Waals surface area contributed by atoms with Crippen molar-refractivity contribution in [1.82, 2.24) is 9.97 Å². The minimum Gasteiger partial charge on any atom is -0.320 e. The fraction of sp³-hybridized carbons (Fsp3) is 0. The van der Waals surface area contributed by atoms with Gasteiger partial charge in [0.1, 0.15) is 0 Å². The zero-order chi connectivity index (χ0) is 13.4. The van der Waals surface area contributed by atoms with E-state index in [1.54, 1.807) is 24.4 Å². The fourth-order valence-electron chi connectivity index (χ4n) is 1.99. The van der Waals surface area contributed by atoms with Crippen LogP contribution in [0.3, 0.4) is 0 Å². The van der Waals surface area contributed by atoms with E-state index in [1.807, 2.05) is 12.1 Å². The molecule has 3 aromatic rings. The van der Waals surface area contributed by atoms with E-state index in [4.69, 9.17) is 23.2 Å². The van der Waals surface area contributed by atoms with Crippen molar-refractivity contribution >= 4 is 34.2 Å². The highest BCUT2D eigenvalue weighted by Gasteiger charge is 2.10. The second kappa shape index (κ2) is 4.68. The number of aromatic amines is 1. The normalized spacial score (nSPS) is 10.8. The van der Waals surface area contributed by atoms with Crippen molar-refractivity contribution in [3.05, 3.63) is 63.0 Å². The quantitative estimate of drug-likeness (QED) is 0.739. The molecular formula is C14H8Cl2N2O. The third-order valence-corrected chi connectivity index (χ3v) is 3.68. The Hall–Kier alpha value is -1.84. The summed E-state index contributed by atoms with van der Waals surface area (Å²) in [4.78, 5) is 18.5. The number of hydrogen-bond acceptors (Lipinski definition) is 2. The number of nitrogens with one attached hydrogen (secondary N) is 1. The van der Waals surface area contributed by atoms with Crippen LogP contribution in [0.2, 0.25) is 10.0 Å². The molecule has 0 aliphatic carbocycles. The Balaban J connectivity index is 2.39. The number of aromatic nitrogens is 2. The zero-order valence-corrected chi connectivity index (χ0v) is 11.2. The van der Waals surface area contributed by atoms with Crippen molar-refractivity contribution in [2.45, 2.75) is 0 Å². The average Bonchev–Trinajstić information content (AvgIpc) is 2.41. The molecule has 5 heteroatoms. The van der Waals surface area contributed by atoms with Crippen LogP contribution in [0, 0.1) is 0 Å². The maximum Gasteiger partial charge on any atom is 0.248 e. The summed E-state index contributed by atoms with van der Waals surface area (Å²) < 4.78 is 0. The van der Waals surface area contributed by atoms with E-state index in [1.165, 1.54) is 6.07 Å². The standard InChI is InChI=1S/C14H8Cl2N2O/c15-10-3-1-2-8(13(10)16)9-6-7-17-11-4-5-12(19)18-14(9)11/h1-7H,(H,18,19). The van der Waals surface area contributed by atoms with E-state index >= 15 is 0 Å². The van der Waals surface area contributed by atoms with Crippen LogP contribution < -0.4 is 5.56 Å². The molecule has 3 nitrogen and oxygen atoms in total. The number of pyridine rings is 2. The first-order valence-corrected chi connectivity index (χ1v) is 6.35. The SMILES string of the molecule is O=c1ccc2nccc(-c3cccc(Cl)c3Cl)c2[nH]1. The van der Waals surface area contributed by atoms with Crippen LogP contribution in [0.15, 0.2) is 47.4 Å². The van der Waals surface area contributed by atoms with Crippen LogP contribution in [-0.4, -0.2) is 9.97 Å². The third-order valence-electron chi connectivity index (χ3n) is 2.86. The van der Waals surface area contributed by atoms with E-state index in [9.17, 15) is 4.79 Å². The maximum absolute atomic E-state index is 11.5.